The van der Waals surface area contributed by atoms with E-state index in [0.29, 0.717) is 42.5 Å². The second-order valence-corrected chi connectivity index (χ2v) is 6.82. The minimum atomic E-state index is 0.271. The average Bonchev–Trinajstić information content (AvgIpc) is 3.38. The average molecular weight is 344 g/mol. The van der Waals surface area contributed by atoms with Crippen LogP contribution < -0.4 is 0 Å². The molecule has 1 amide bonds. The number of likely N-dealkylation sites (tertiary alicyclic amines) is 2. The first-order valence-electron chi connectivity index (χ1n) is 9.16. The van der Waals surface area contributed by atoms with E-state index < -0.39 is 0 Å². The largest absolute Gasteiger partial charge is 0.461 e. The third-order valence-electron chi connectivity index (χ3n) is 5.33. The van der Waals surface area contributed by atoms with Crippen LogP contribution in [0.5, 0.6) is 0 Å². The standard InChI is InChI=1S/C18H24N4O3/c1-2-17(23)22-10-4-7-14(22)13-6-3-9-21(13)12-16-19-18(20-25-16)15-8-5-11-24-15/h5,8,11,13-14H,2-4,6-7,9-10,12H2,1H3. The van der Waals surface area contributed by atoms with Crippen molar-refractivity contribution in [2.75, 3.05) is 13.1 Å². The number of hydrogen-bond donors (Lipinski definition) is 0. The van der Waals surface area contributed by atoms with Crippen molar-refractivity contribution in [3.8, 4) is 11.6 Å². The van der Waals surface area contributed by atoms with Crippen LogP contribution in [-0.2, 0) is 11.3 Å². The van der Waals surface area contributed by atoms with Gasteiger partial charge in [-0.25, -0.2) is 0 Å². The fraction of sp³-hybridized carbons (Fsp3) is 0.611. The van der Waals surface area contributed by atoms with Crippen molar-refractivity contribution >= 4 is 5.91 Å². The summed E-state index contributed by atoms with van der Waals surface area (Å²) < 4.78 is 10.7. The Morgan fingerprint density at radius 1 is 1.28 bits per heavy atom. The van der Waals surface area contributed by atoms with Gasteiger partial charge in [0.05, 0.1) is 12.8 Å². The summed E-state index contributed by atoms with van der Waals surface area (Å²) in [6, 6.07) is 4.33. The van der Waals surface area contributed by atoms with Crippen molar-refractivity contribution in [3.05, 3.63) is 24.3 Å². The van der Waals surface area contributed by atoms with Gasteiger partial charge in [-0.2, -0.15) is 4.98 Å². The molecule has 2 atom stereocenters. The van der Waals surface area contributed by atoms with Crippen molar-refractivity contribution in [2.24, 2.45) is 0 Å². The predicted octanol–water partition coefficient (Wildman–Crippen LogP) is 2.70. The molecule has 4 heterocycles. The summed E-state index contributed by atoms with van der Waals surface area (Å²) in [6.07, 6.45) is 6.64. The lowest BCUT2D eigenvalue weighted by Gasteiger charge is -2.34. The van der Waals surface area contributed by atoms with Crippen LogP contribution in [0.3, 0.4) is 0 Å². The highest BCUT2D eigenvalue weighted by atomic mass is 16.5. The van der Waals surface area contributed by atoms with Crippen molar-refractivity contribution in [1.29, 1.82) is 0 Å². The minimum absolute atomic E-state index is 0.271. The summed E-state index contributed by atoms with van der Waals surface area (Å²) in [4.78, 5) is 21.2. The highest BCUT2D eigenvalue weighted by Gasteiger charge is 2.39. The van der Waals surface area contributed by atoms with E-state index in [4.69, 9.17) is 8.94 Å². The molecule has 2 aliphatic heterocycles. The van der Waals surface area contributed by atoms with E-state index in [-0.39, 0.29) is 5.91 Å². The van der Waals surface area contributed by atoms with Crippen molar-refractivity contribution in [2.45, 2.75) is 57.7 Å². The third kappa shape index (κ3) is 3.20. The summed E-state index contributed by atoms with van der Waals surface area (Å²) in [7, 11) is 0. The molecule has 2 aliphatic rings. The molecule has 0 N–H and O–H groups in total. The van der Waals surface area contributed by atoms with Crippen LogP contribution in [0.4, 0.5) is 0 Å². The van der Waals surface area contributed by atoms with Crippen LogP contribution in [0.15, 0.2) is 27.3 Å². The molecule has 4 rings (SSSR count). The zero-order valence-corrected chi connectivity index (χ0v) is 14.6. The summed E-state index contributed by atoms with van der Waals surface area (Å²) in [5, 5.41) is 4.01. The summed E-state index contributed by atoms with van der Waals surface area (Å²) in [5.41, 5.74) is 0. The van der Waals surface area contributed by atoms with Gasteiger partial charge in [0.1, 0.15) is 0 Å². The molecule has 0 aliphatic carbocycles. The van der Waals surface area contributed by atoms with E-state index in [0.717, 1.165) is 38.8 Å². The lowest BCUT2D eigenvalue weighted by Crippen LogP contribution is -2.47. The van der Waals surface area contributed by atoms with Crippen LogP contribution in [0.25, 0.3) is 11.6 Å². The molecule has 25 heavy (non-hydrogen) atoms. The van der Waals surface area contributed by atoms with Crippen molar-refractivity contribution in [1.82, 2.24) is 19.9 Å². The van der Waals surface area contributed by atoms with E-state index in [1.54, 1.807) is 12.3 Å². The molecule has 0 spiro atoms. The molecule has 0 saturated carbocycles. The first-order chi connectivity index (χ1) is 12.3. The van der Waals surface area contributed by atoms with E-state index in [9.17, 15) is 4.79 Å². The Morgan fingerprint density at radius 2 is 2.12 bits per heavy atom. The number of nitrogens with zero attached hydrogens (tertiary/aromatic N) is 4. The van der Waals surface area contributed by atoms with Crippen LogP contribution in [0.2, 0.25) is 0 Å². The Morgan fingerprint density at radius 3 is 2.92 bits per heavy atom. The smallest absolute Gasteiger partial charge is 0.241 e. The molecule has 2 fully saturated rings. The molecule has 2 aromatic heterocycles. The number of amides is 1. The molecule has 0 aromatic carbocycles. The van der Waals surface area contributed by atoms with Gasteiger partial charge in [-0.3, -0.25) is 9.69 Å². The number of rotatable bonds is 5. The monoisotopic (exact) mass is 344 g/mol. The molecule has 0 radical (unpaired) electrons. The molecule has 2 unspecified atom stereocenters. The minimum Gasteiger partial charge on any atom is -0.461 e. The molecule has 7 nitrogen and oxygen atoms in total. The SMILES string of the molecule is CCC(=O)N1CCCC1C1CCCN1Cc1nc(-c2ccco2)no1. The van der Waals surface area contributed by atoms with Gasteiger partial charge in [0.15, 0.2) is 5.76 Å². The lowest BCUT2D eigenvalue weighted by atomic mass is 10.0. The Hall–Kier alpha value is -2.15. The summed E-state index contributed by atoms with van der Waals surface area (Å²) in [6.45, 7) is 4.47. The van der Waals surface area contributed by atoms with E-state index in [2.05, 4.69) is 19.9 Å². The fourth-order valence-electron chi connectivity index (χ4n) is 4.19. The molecular weight excluding hydrogens is 320 g/mol. The van der Waals surface area contributed by atoms with Crippen LogP contribution in [0.1, 0.15) is 44.9 Å². The van der Waals surface area contributed by atoms with E-state index in [1.165, 1.54) is 0 Å². The number of carbonyl (C=O) groups excluding carboxylic acids is 1. The highest BCUT2D eigenvalue weighted by molar-refractivity contribution is 5.76. The molecule has 0 bridgehead atoms. The van der Waals surface area contributed by atoms with E-state index >= 15 is 0 Å². The molecule has 134 valence electrons. The van der Waals surface area contributed by atoms with Gasteiger partial charge in [0.25, 0.3) is 0 Å². The Balaban J connectivity index is 1.46. The van der Waals surface area contributed by atoms with Gasteiger partial charge in [0.2, 0.25) is 17.6 Å². The van der Waals surface area contributed by atoms with Crippen molar-refractivity contribution in [3.63, 3.8) is 0 Å². The maximum Gasteiger partial charge on any atom is 0.241 e. The fourth-order valence-corrected chi connectivity index (χ4v) is 4.19. The Labute approximate surface area is 147 Å². The van der Waals surface area contributed by atoms with E-state index in [1.807, 2.05) is 13.0 Å². The lowest BCUT2D eigenvalue weighted by molar-refractivity contribution is -0.132. The number of furan rings is 1. The van der Waals surface area contributed by atoms with Crippen LogP contribution in [0, 0.1) is 0 Å². The van der Waals surface area contributed by atoms with Crippen molar-refractivity contribution < 1.29 is 13.7 Å². The maximum atomic E-state index is 12.2. The van der Waals surface area contributed by atoms with Gasteiger partial charge < -0.3 is 13.8 Å². The second kappa shape index (κ2) is 7.00. The number of carbonyl (C=O) groups is 1. The first kappa shape index (κ1) is 16.3. The Bertz CT molecular complexity index is 712. The van der Waals surface area contributed by atoms with Crippen LogP contribution in [-0.4, -0.2) is 51.0 Å². The Kier molecular flexibility index (Phi) is 4.57. The quantitative estimate of drug-likeness (QED) is 0.830. The molecular formula is C18H24N4O3. The number of hydrogen-bond acceptors (Lipinski definition) is 6. The maximum absolute atomic E-state index is 12.2. The zero-order valence-electron chi connectivity index (χ0n) is 14.6. The van der Waals surface area contributed by atoms with Crippen LogP contribution >= 0.6 is 0 Å². The van der Waals surface area contributed by atoms with Gasteiger partial charge in [-0.15, -0.1) is 0 Å². The number of aromatic nitrogens is 2. The topological polar surface area (TPSA) is 75.6 Å². The second-order valence-electron chi connectivity index (χ2n) is 6.82. The molecule has 2 aromatic rings. The highest BCUT2D eigenvalue weighted by Crippen LogP contribution is 2.31. The third-order valence-corrected chi connectivity index (χ3v) is 5.33. The molecule has 2 saturated heterocycles. The van der Waals surface area contributed by atoms with Gasteiger partial charge in [-0.1, -0.05) is 12.1 Å². The zero-order chi connectivity index (χ0) is 17.2. The van der Waals surface area contributed by atoms with Gasteiger partial charge in [-0.05, 0) is 44.4 Å². The summed E-state index contributed by atoms with van der Waals surface area (Å²) in [5.74, 6) is 1.97. The first-order valence-corrected chi connectivity index (χ1v) is 9.16. The predicted molar refractivity (Wildman–Crippen MR) is 90.5 cm³/mol. The van der Waals surface area contributed by atoms with Gasteiger partial charge in [0, 0.05) is 25.0 Å². The van der Waals surface area contributed by atoms with Gasteiger partial charge >= 0.3 is 0 Å². The summed E-state index contributed by atoms with van der Waals surface area (Å²) >= 11 is 0. The molecule has 7 heteroatoms. The normalized spacial score (nSPS) is 24.3.